The molecule has 1 aliphatic rings. The second kappa shape index (κ2) is 8.92. The van der Waals surface area contributed by atoms with Crippen LogP contribution < -0.4 is 4.90 Å². The molecule has 0 aliphatic carbocycles. The Morgan fingerprint density at radius 3 is 2.03 bits per heavy atom. The normalized spacial score (nSPS) is 13.2. The molecule has 1 aliphatic heterocycles. The van der Waals surface area contributed by atoms with Crippen LogP contribution in [0.25, 0.3) is 0 Å². The molecule has 1 heterocycles. The lowest BCUT2D eigenvalue weighted by atomic mass is 10.1. The van der Waals surface area contributed by atoms with E-state index in [1.54, 1.807) is 18.2 Å². The maximum Gasteiger partial charge on any atom is 0.261 e. The molecule has 0 unspecified atom stereocenters. The van der Waals surface area contributed by atoms with Crippen LogP contribution in [0.5, 0.6) is 0 Å². The minimum absolute atomic E-state index is 0.253. The molecule has 156 valence electrons. The predicted molar refractivity (Wildman–Crippen MR) is 121 cm³/mol. The zero-order chi connectivity index (χ0) is 21.8. The smallest absolute Gasteiger partial charge is 0.261 e. The van der Waals surface area contributed by atoms with Crippen molar-refractivity contribution in [2.75, 3.05) is 18.0 Å². The van der Waals surface area contributed by atoms with Crippen molar-refractivity contribution < 1.29 is 9.59 Å². The molecular weight excluding hydrogens is 388 g/mol. The van der Waals surface area contributed by atoms with Crippen LogP contribution in [0.3, 0.4) is 0 Å². The van der Waals surface area contributed by atoms with Crippen LogP contribution in [0.4, 0.5) is 17.1 Å². The molecule has 0 spiro atoms. The van der Waals surface area contributed by atoms with Gasteiger partial charge in [-0.15, -0.1) is 0 Å². The first-order chi connectivity index (χ1) is 15.1. The number of carbonyl (C=O) groups is 2. The third-order valence-corrected chi connectivity index (χ3v) is 5.40. The maximum atomic E-state index is 12.8. The van der Waals surface area contributed by atoms with E-state index >= 15 is 0 Å². The standard InChI is InChI=1S/C25H24N4O2/c1-3-28(4-2)21-13-10-19(11-14-21)26-27-20-12-15-22-23(16-20)25(31)29(24(22)30)17-18-8-6-5-7-9-18/h5-16H,3-4,17H2,1-2H3. The summed E-state index contributed by atoms with van der Waals surface area (Å²) in [5.74, 6) is -0.580. The van der Waals surface area contributed by atoms with Gasteiger partial charge in [0.25, 0.3) is 11.8 Å². The van der Waals surface area contributed by atoms with Crippen molar-refractivity contribution in [3.8, 4) is 0 Å². The van der Waals surface area contributed by atoms with E-state index in [1.807, 2.05) is 54.6 Å². The Morgan fingerprint density at radius 2 is 1.35 bits per heavy atom. The van der Waals surface area contributed by atoms with Crippen molar-refractivity contribution in [1.82, 2.24) is 4.90 Å². The van der Waals surface area contributed by atoms with E-state index in [-0.39, 0.29) is 18.4 Å². The number of azo groups is 1. The summed E-state index contributed by atoms with van der Waals surface area (Å²) in [6, 6.07) is 22.4. The van der Waals surface area contributed by atoms with E-state index in [9.17, 15) is 9.59 Å². The molecule has 0 bridgehead atoms. The molecule has 0 aromatic heterocycles. The first-order valence-corrected chi connectivity index (χ1v) is 10.4. The van der Waals surface area contributed by atoms with Crippen LogP contribution in [-0.4, -0.2) is 29.8 Å². The highest BCUT2D eigenvalue weighted by atomic mass is 16.2. The number of imide groups is 1. The summed E-state index contributed by atoms with van der Waals surface area (Å²) in [6.07, 6.45) is 0. The number of anilines is 1. The Labute approximate surface area is 181 Å². The molecule has 0 radical (unpaired) electrons. The van der Waals surface area contributed by atoms with Crippen molar-refractivity contribution in [3.63, 3.8) is 0 Å². The second-order valence-electron chi connectivity index (χ2n) is 7.30. The van der Waals surface area contributed by atoms with Crippen LogP contribution in [0.15, 0.2) is 83.0 Å². The van der Waals surface area contributed by atoms with Crippen molar-refractivity contribution in [3.05, 3.63) is 89.5 Å². The van der Waals surface area contributed by atoms with Crippen LogP contribution in [-0.2, 0) is 6.54 Å². The number of hydrogen-bond acceptors (Lipinski definition) is 5. The Balaban J connectivity index is 1.51. The summed E-state index contributed by atoms with van der Waals surface area (Å²) in [5, 5.41) is 8.55. The molecule has 0 atom stereocenters. The van der Waals surface area contributed by atoms with Crippen LogP contribution in [0.1, 0.15) is 40.1 Å². The predicted octanol–water partition coefficient (Wildman–Crippen LogP) is 5.74. The lowest BCUT2D eigenvalue weighted by molar-refractivity contribution is 0.0642. The zero-order valence-corrected chi connectivity index (χ0v) is 17.7. The lowest BCUT2D eigenvalue weighted by Crippen LogP contribution is -2.29. The Hall–Kier alpha value is -3.80. The molecule has 0 fully saturated rings. The average Bonchev–Trinajstić information content (AvgIpc) is 3.04. The molecule has 6 nitrogen and oxygen atoms in total. The molecule has 0 saturated carbocycles. The third kappa shape index (κ3) is 4.23. The van der Waals surface area contributed by atoms with Crippen molar-refractivity contribution in [2.45, 2.75) is 20.4 Å². The summed E-state index contributed by atoms with van der Waals surface area (Å²) in [7, 11) is 0. The molecule has 4 rings (SSSR count). The van der Waals surface area contributed by atoms with Gasteiger partial charge in [-0.05, 0) is 61.9 Å². The van der Waals surface area contributed by atoms with Gasteiger partial charge >= 0.3 is 0 Å². The van der Waals surface area contributed by atoms with Crippen LogP contribution >= 0.6 is 0 Å². The average molecular weight is 412 g/mol. The molecule has 3 aromatic carbocycles. The minimum atomic E-state index is -0.301. The quantitative estimate of drug-likeness (QED) is 0.367. The first-order valence-electron chi connectivity index (χ1n) is 10.4. The molecule has 6 heteroatoms. The van der Waals surface area contributed by atoms with E-state index in [0.717, 1.165) is 30.0 Å². The number of nitrogens with zero attached hydrogens (tertiary/aromatic N) is 4. The van der Waals surface area contributed by atoms with E-state index in [0.29, 0.717) is 16.8 Å². The maximum absolute atomic E-state index is 12.8. The van der Waals surface area contributed by atoms with Crippen molar-refractivity contribution in [1.29, 1.82) is 0 Å². The number of rotatable bonds is 7. The minimum Gasteiger partial charge on any atom is -0.372 e. The summed E-state index contributed by atoms with van der Waals surface area (Å²) in [4.78, 5) is 29.0. The van der Waals surface area contributed by atoms with Gasteiger partial charge in [-0.2, -0.15) is 10.2 Å². The molecule has 0 saturated heterocycles. The van der Waals surface area contributed by atoms with Gasteiger partial charge in [-0.25, -0.2) is 0 Å². The monoisotopic (exact) mass is 412 g/mol. The highest BCUT2D eigenvalue weighted by Gasteiger charge is 2.35. The number of benzene rings is 3. The SMILES string of the molecule is CCN(CC)c1ccc(N=Nc2ccc3c(c2)C(=O)N(Cc2ccccc2)C3=O)cc1. The van der Waals surface area contributed by atoms with E-state index in [1.165, 1.54) is 4.90 Å². The number of carbonyl (C=O) groups excluding carboxylic acids is 2. The van der Waals surface area contributed by atoms with Gasteiger partial charge in [0.05, 0.1) is 29.0 Å². The summed E-state index contributed by atoms with van der Waals surface area (Å²) < 4.78 is 0. The molecule has 31 heavy (non-hydrogen) atoms. The Kier molecular flexibility index (Phi) is 5.89. The van der Waals surface area contributed by atoms with E-state index in [4.69, 9.17) is 0 Å². The van der Waals surface area contributed by atoms with Gasteiger partial charge in [0.1, 0.15) is 0 Å². The lowest BCUT2D eigenvalue weighted by Gasteiger charge is -2.20. The third-order valence-electron chi connectivity index (χ3n) is 5.40. The van der Waals surface area contributed by atoms with Gasteiger partial charge in [0.15, 0.2) is 0 Å². The molecular formula is C25H24N4O2. The van der Waals surface area contributed by atoms with Gasteiger partial charge in [0, 0.05) is 18.8 Å². The topological polar surface area (TPSA) is 65.3 Å². The van der Waals surface area contributed by atoms with Crippen LogP contribution in [0.2, 0.25) is 0 Å². The number of hydrogen-bond donors (Lipinski definition) is 0. The Morgan fingerprint density at radius 1 is 0.742 bits per heavy atom. The summed E-state index contributed by atoms with van der Waals surface area (Å²) >= 11 is 0. The van der Waals surface area contributed by atoms with Gasteiger partial charge in [-0.3, -0.25) is 14.5 Å². The fraction of sp³-hybridized carbons (Fsp3) is 0.200. The Bertz CT molecular complexity index is 1120. The zero-order valence-electron chi connectivity index (χ0n) is 17.7. The first kappa shape index (κ1) is 20.5. The van der Waals surface area contributed by atoms with Crippen LogP contribution in [0, 0.1) is 0 Å². The fourth-order valence-electron chi connectivity index (χ4n) is 3.68. The summed E-state index contributed by atoms with van der Waals surface area (Å²) in [6.45, 7) is 6.39. The largest absolute Gasteiger partial charge is 0.372 e. The van der Waals surface area contributed by atoms with Crippen molar-refractivity contribution >= 4 is 28.9 Å². The van der Waals surface area contributed by atoms with Gasteiger partial charge in [0.2, 0.25) is 0 Å². The highest BCUT2D eigenvalue weighted by Crippen LogP contribution is 2.29. The molecule has 3 aromatic rings. The summed E-state index contributed by atoms with van der Waals surface area (Å²) in [5.41, 5.74) is 4.09. The number of amides is 2. The molecule has 2 amide bonds. The molecule has 0 N–H and O–H groups in total. The number of fused-ring (bicyclic) bond motifs is 1. The van der Waals surface area contributed by atoms with Crippen molar-refractivity contribution in [2.24, 2.45) is 10.2 Å². The van der Waals surface area contributed by atoms with Gasteiger partial charge < -0.3 is 4.90 Å². The van der Waals surface area contributed by atoms with Gasteiger partial charge in [-0.1, -0.05) is 30.3 Å². The second-order valence-corrected chi connectivity index (χ2v) is 7.30. The van der Waals surface area contributed by atoms with E-state index < -0.39 is 0 Å². The highest BCUT2D eigenvalue weighted by molar-refractivity contribution is 6.21. The van der Waals surface area contributed by atoms with E-state index in [2.05, 4.69) is 29.0 Å². The fourth-order valence-corrected chi connectivity index (χ4v) is 3.68.